The second-order valence-electron chi connectivity index (χ2n) is 4.49. The van der Waals surface area contributed by atoms with Crippen LogP contribution in [0.3, 0.4) is 0 Å². The first-order chi connectivity index (χ1) is 8.15. The third-order valence-electron chi connectivity index (χ3n) is 3.09. The summed E-state index contributed by atoms with van der Waals surface area (Å²) >= 11 is 0. The van der Waals surface area contributed by atoms with Gasteiger partial charge in [-0.1, -0.05) is 0 Å². The first-order valence-electron chi connectivity index (χ1n) is 5.86. The molecule has 5 heteroatoms. The number of pyridine rings is 1. The summed E-state index contributed by atoms with van der Waals surface area (Å²) in [5.41, 5.74) is 6.13. The van der Waals surface area contributed by atoms with Crippen molar-refractivity contribution in [1.82, 2.24) is 10.3 Å². The Morgan fingerprint density at radius 2 is 2.06 bits per heavy atom. The summed E-state index contributed by atoms with van der Waals surface area (Å²) in [5.74, 6) is -0.129. The number of rotatable bonds is 2. The number of nitrogens with one attached hydrogen (secondary N) is 1. The molecule has 0 bridgehead atoms. The van der Waals surface area contributed by atoms with Gasteiger partial charge >= 0.3 is 0 Å². The van der Waals surface area contributed by atoms with Gasteiger partial charge in [0.05, 0.1) is 6.20 Å². The van der Waals surface area contributed by atoms with E-state index in [1.165, 1.54) is 18.3 Å². The van der Waals surface area contributed by atoms with E-state index in [1.54, 1.807) is 0 Å². The quantitative estimate of drug-likeness (QED) is 0.707. The van der Waals surface area contributed by atoms with Crippen molar-refractivity contribution < 1.29 is 9.90 Å². The number of hydrogen-bond donors (Lipinski definition) is 3. The van der Waals surface area contributed by atoms with Crippen molar-refractivity contribution in [3.05, 3.63) is 24.0 Å². The van der Waals surface area contributed by atoms with Gasteiger partial charge in [-0.25, -0.2) is 4.98 Å². The molecule has 0 atom stereocenters. The highest BCUT2D eigenvalue weighted by molar-refractivity contribution is 5.92. The van der Waals surface area contributed by atoms with Crippen LogP contribution in [0.1, 0.15) is 36.2 Å². The minimum absolute atomic E-state index is 0.0604. The summed E-state index contributed by atoms with van der Waals surface area (Å²) in [6.45, 7) is 0. The van der Waals surface area contributed by atoms with Crippen LogP contribution in [0, 0.1) is 0 Å². The lowest BCUT2D eigenvalue weighted by atomic mass is 9.92. The molecule has 5 nitrogen and oxygen atoms in total. The van der Waals surface area contributed by atoms with Gasteiger partial charge < -0.3 is 16.2 Å². The number of nitrogens with two attached hydrogens (primary N) is 1. The van der Waals surface area contributed by atoms with Crippen LogP contribution in [-0.4, -0.2) is 28.1 Å². The molecular weight excluding hydrogens is 218 g/mol. The number of hydrogen-bond acceptors (Lipinski definition) is 4. The molecule has 0 unspecified atom stereocenters. The van der Waals surface area contributed by atoms with E-state index in [9.17, 15) is 4.79 Å². The normalized spacial score (nSPS) is 24.3. The Labute approximate surface area is 100 Å². The maximum absolute atomic E-state index is 11.8. The molecule has 1 saturated carbocycles. The van der Waals surface area contributed by atoms with Gasteiger partial charge in [0.1, 0.15) is 11.4 Å². The number of aromatic hydroxyl groups is 1. The standard InChI is InChI=1S/C12H17N3O2/c13-8-1-3-9(4-2-8)15-12(17)11-6-5-10(16)7-14-11/h5-9,16H,1-4,13H2,(H,15,17). The first kappa shape index (κ1) is 11.9. The van der Waals surface area contributed by atoms with E-state index in [1.807, 2.05) is 0 Å². The van der Waals surface area contributed by atoms with Gasteiger partial charge in [-0.3, -0.25) is 4.79 Å². The topological polar surface area (TPSA) is 88.2 Å². The molecule has 1 aromatic heterocycles. The molecule has 0 saturated heterocycles. The predicted molar refractivity (Wildman–Crippen MR) is 63.6 cm³/mol. The Balaban J connectivity index is 1.91. The maximum Gasteiger partial charge on any atom is 0.270 e. The van der Waals surface area contributed by atoms with Crippen LogP contribution in [0.5, 0.6) is 5.75 Å². The van der Waals surface area contributed by atoms with Crippen LogP contribution >= 0.6 is 0 Å². The molecule has 92 valence electrons. The molecule has 1 aromatic rings. The van der Waals surface area contributed by atoms with E-state index in [-0.39, 0.29) is 23.7 Å². The van der Waals surface area contributed by atoms with Gasteiger partial charge in [-0.15, -0.1) is 0 Å². The minimum Gasteiger partial charge on any atom is -0.506 e. The average molecular weight is 235 g/mol. The smallest absolute Gasteiger partial charge is 0.270 e. The highest BCUT2D eigenvalue weighted by Gasteiger charge is 2.20. The summed E-state index contributed by atoms with van der Waals surface area (Å²) in [5, 5.41) is 12.0. The number of carbonyl (C=O) groups is 1. The van der Waals surface area contributed by atoms with Gasteiger partial charge in [0.25, 0.3) is 5.91 Å². The van der Waals surface area contributed by atoms with Crippen LogP contribution in [0.15, 0.2) is 18.3 Å². The molecular formula is C12H17N3O2. The van der Waals surface area contributed by atoms with Crippen LogP contribution in [0.2, 0.25) is 0 Å². The van der Waals surface area contributed by atoms with Crippen molar-refractivity contribution in [3.63, 3.8) is 0 Å². The molecule has 1 fully saturated rings. The molecule has 17 heavy (non-hydrogen) atoms. The molecule has 1 aliphatic rings. The highest BCUT2D eigenvalue weighted by atomic mass is 16.3. The van der Waals surface area contributed by atoms with Crippen molar-refractivity contribution in [2.75, 3.05) is 0 Å². The van der Waals surface area contributed by atoms with E-state index in [0.29, 0.717) is 5.69 Å². The summed E-state index contributed by atoms with van der Waals surface area (Å²) in [4.78, 5) is 15.7. The minimum atomic E-state index is -0.189. The van der Waals surface area contributed by atoms with Crippen molar-refractivity contribution in [3.8, 4) is 5.75 Å². The molecule has 1 heterocycles. The van der Waals surface area contributed by atoms with Crippen LogP contribution in [0.4, 0.5) is 0 Å². The fourth-order valence-electron chi connectivity index (χ4n) is 2.04. The third-order valence-corrected chi connectivity index (χ3v) is 3.09. The zero-order chi connectivity index (χ0) is 12.3. The molecule has 0 radical (unpaired) electrons. The average Bonchev–Trinajstić information content (AvgIpc) is 2.33. The summed E-state index contributed by atoms with van der Waals surface area (Å²) in [6, 6.07) is 3.44. The molecule has 1 aliphatic carbocycles. The molecule has 2 rings (SSSR count). The first-order valence-corrected chi connectivity index (χ1v) is 5.86. The van der Waals surface area contributed by atoms with Crippen LogP contribution in [0.25, 0.3) is 0 Å². The Hall–Kier alpha value is -1.62. The lowest BCUT2D eigenvalue weighted by Crippen LogP contribution is -2.40. The largest absolute Gasteiger partial charge is 0.506 e. The maximum atomic E-state index is 11.8. The zero-order valence-electron chi connectivity index (χ0n) is 9.60. The fourth-order valence-corrected chi connectivity index (χ4v) is 2.04. The molecule has 0 aromatic carbocycles. The zero-order valence-corrected chi connectivity index (χ0v) is 9.60. The lowest BCUT2D eigenvalue weighted by molar-refractivity contribution is 0.0921. The van der Waals surface area contributed by atoms with Crippen LogP contribution < -0.4 is 11.1 Å². The van der Waals surface area contributed by atoms with Gasteiger partial charge in [-0.2, -0.15) is 0 Å². The van der Waals surface area contributed by atoms with E-state index in [4.69, 9.17) is 10.8 Å². The number of nitrogens with zero attached hydrogens (tertiary/aromatic N) is 1. The number of carbonyl (C=O) groups excluding carboxylic acids is 1. The summed E-state index contributed by atoms with van der Waals surface area (Å²) < 4.78 is 0. The summed E-state index contributed by atoms with van der Waals surface area (Å²) in [7, 11) is 0. The second-order valence-corrected chi connectivity index (χ2v) is 4.49. The number of aromatic nitrogens is 1. The predicted octanol–water partition coefficient (Wildman–Crippen LogP) is 0.787. The Morgan fingerprint density at radius 1 is 1.35 bits per heavy atom. The van der Waals surface area contributed by atoms with Gasteiger partial charge in [0, 0.05) is 12.1 Å². The van der Waals surface area contributed by atoms with Crippen molar-refractivity contribution in [2.45, 2.75) is 37.8 Å². The number of amides is 1. The molecule has 4 N–H and O–H groups in total. The SMILES string of the molecule is NC1CCC(NC(=O)c2ccc(O)cn2)CC1. The van der Waals surface area contributed by atoms with Gasteiger partial charge in [0.2, 0.25) is 0 Å². The summed E-state index contributed by atoms with van der Waals surface area (Å²) in [6.07, 6.45) is 5.02. The monoisotopic (exact) mass is 235 g/mol. The van der Waals surface area contributed by atoms with Crippen molar-refractivity contribution >= 4 is 5.91 Å². The van der Waals surface area contributed by atoms with Crippen molar-refractivity contribution in [2.24, 2.45) is 5.73 Å². The van der Waals surface area contributed by atoms with E-state index >= 15 is 0 Å². The Morgan fingerprint density at radius 3 is 2.65 bits per heavy atom. The third kappa shape index (κ3) is 3.17. The van der Waals surface area contributed by atoms with E-state index in [2.05, 4.69) is 10.3 Å². The fraction of sp³-hybridized carbons (Fsp3) is 0.500. The second kappa shape index (κ2) is 5.14. The highest BCUT2D eigenvalue weighted by Crippen LogP contribution is 2.17. The van der Waals surface area contributed by atoms with Gasteiger partial charge in [0.15, 0.2) is 0 Å². The van der Waals surface area contributed by atoms with E-state index in [0.717, 1.165) is 25.7 Å². The Kier molecular flexibility index (Phi) is 3.58. The lowest BCUT2D eigenvalue weighted by Gasteiger charge is -2.26. The molecule has 1 amide bonds. The van der Waals surface area contributed by atoms with E-state index < -0.39 is 0 Å². The van der Waals surface area contributed by atoms with Crippen LogP contribution in [-0.2, 0) is 0 Å². The molecule has 0 aliphatic heterocycles. The van der Waals surface area contributed by atoms with Crippen molar-refractivity contribution in [1.29, 1.82) is 0 Å². The molecule has 0 spiro atoms. The van der Waals surface area contributed by atoms with Gasteiger partial charge in [-0.05, 0) is 37.8 Å². The Bertz CT molecular complexity index is 383.